The number of carbonyl (C=O) groups is 3. The van der Waals surface area contributed by atoms with Crippen LogP contribution in [0.1, 0.15) is 88.3 Å². The number of carbonyl (C=O) groups excluding carboxylic acids is 3. The molecule has 2 aromatic rings. The van der Waals surface area contributed by atoms with Crippen LogP contribution in [0.2, 0.25) is 5.02 Å². The first-order chi connectivity index (χ1) is 18.8. The van der Waals surface area contributed by atoms with Crippen molar-refractivity contribution < 1.29 is 19.1 Å². The van der Waals surface area contributed by atoms with Gasteiger partial charge < -0.3 is 4.74 Å². The van der Waals surface area contributed by atoms with Gasteiger partial charge in [-0.05, 0) is 93.9 Å². The molecule has 2 aromatic carbocycles. The van der Waals surface area contributed by atoms with Crippen molar-refractivity contribution in [3.05, 3.63) is 70.2 Å². The fourth-order valence-corrected chi connectivity index (χ4v) is 6.37. The van der Waals surface area contributed by atoms with Crippen LogP contribution in [0.15, 0.2) is 48.5 Å². The van der Waals surface area contributed by atoms with Crippen LogP contribution in [0, 0.1) is 17.3 Å². The number of ketones is 3. The lowest BCUT2D eigenvalue weighted by atomic mass is 9.62. The highest BCUT2D eigenvalue weighted by atomic mass is 35.5. The molecule has 1 atom stereocenters. The second-order valence-electron chi connectivity index (χ2n) is 11.4. The van der Waals surface area contributed by atoms with Gasteiger partial charge in [0, 0.05) is 48.8 Å². The summed E-state index contributed by atoms with van der Waals surface area (Å²) in [6.07, 6.45) is 8.18. The third-order valence-corrected chi connectivity index (χ3v) is 9.09. The molecule has 212 valence electrons. The highest BCUT2D eigenvalue weighted by Crippen LogP contribution is 2.46. The molecule has 0 spiro atoms. The second kappa shape index (κ2) is 15.5. The molecule has 1 aliphatic carbocycles. The van der Waals surface area contributed by atoms with Gasteiger partial charge in [-0.3, -0.25) is 14.4 Å². The maximum absolute atomic E-state index is 13.9. The smallest absolute Gasteiger partial charge is 0.140 e. The molecule has 3 rings (SSSR count). The molecule has 4 nitrogen and oxygen atoms in total. The van der Waals surface area contributed by atoms with Crippen LogP contribution in [-0.4, -0.2) is 31.1 Å². The van der Waals surface area contributed by atoms with E-state index in [9.17, 15) is 14.4 Å². The Kier molecular flexibility index (Phi) is 12.4. The van der Waals surface area contributed by atoms with Gasteiger partial charge in [-0.2, -0.15) is 0 Å². The normalized spacial score (nSPS) is 19.9. The molecule has 5 heteroatoms. The molecule has 0 bridgehead atoms. The molecule has 0 N–H and O–H groups in total. The summed E-state index contributed by atoms with van der Waals surface area (Å²) in [5, 5.41) is 0.734. The van der Waals surface area contributed by atoms with E-state index in [0.29, 0.717) is 45.1 Å². The molecule has 1 unspecified atom stereocenters. The zero-order valence-corrected chi connectivity index (χ0v) is 24.7. The Morgan fingerprint density at radius 1 is 1.00 bits per heavy atom. The first-order valence-corrected chi connectivity index (χ1v) is 15.0. The SMILES string of the molecule is CCc1ccc(CC(=O)C(CCCOC)CC2(C(=O)CCCc3ccccc3Cl)CCC(C(C)=O)CC2)cc1. The minimum absolute atomic E-state index is 0.0220. The van der Waals surface area contributed by atoms with E-state index in [-0.39, 0.29) is 29.2 Å². The molecule has 0 radical (unpaired) electrons. The van der Waals surface area contributed by atoms with Crippen LogP contribution in [0.3, 0.4) is 0 Å². The Balaban J connectivity index is 1.76. The van der Waals surface area contributed by atoms with Crippen LogP contribution in [0.5, 0.6) is 0 Å². The fourth-order valence-electron chi connectivity index (χ4n) is 6.14. The number of ether oxygens (including phenoxy) is 1. The van der Waals surface area contributed by atoms with E-state index in [1.54, 1.807) is 14.0 Å². The summed E-state index contributed by atoms with van der Waals surface area (Å²) in [5.41, 5.74) is 2.79. The van der Waals surface area contributed by atoms with Crippen molar-refractivity contribution in [1.29, 1.82) is 0 Å². The minimum Gasteiger partial charge on any atom is -0.385 e. The summed E-state index contributed by atoms with van der Waals surface area (Å²) in [7, 11) is 1.68. The summed E-state index contributed by atoms with van der Waals surface area (Å²) >= 11 is 6.34. The van der Waals surface area contributed by atoms with Crippen molar-refractivity contribution in [3.63, 3.8) is 0 Å². The maximum Gasteiger partial charge on any atom is 0.140 e. The summed E-state index contributed by atoms with van der Waals surface area (Å²) in [6.45, 7) is 4.38. The van der Waals surface area contributed by atoms with Gasteiger partial charge in [-0.25, -0.2) is 0 Å². The lowest BCUT2D eigenvalue weighted by molar-refractivity contribution is -0.136. The van der Waals surface area contributed by atoms with Crippen LogP contribution in [-0.2, 0) is 38.4 Å². The standard InChI is InChI=1S/C34H45ClO4/c1-4-26-14-16-27(17-15-26)23-32(37)30(11-8-22-39-3)24-34(20-18-28(19-21-34)25(2)36)33(38)13-7-10-29-9-5-6-12-31(29)35/h5-6,9,12,14-17,28,30H,4,7-8,10-11,13,18-24H2,1-3H3. The molecule has 0 saturated heterocycles. The van der Waals surface area contributed by atoms with E-state index in [1.807, 2.05) is 24.3 Å². The van der Waals surface area contributed by atoms with Gasteiger partial charge >= 0.3 is 0 Å². The van der Waals surface area contributed by atoms with Crippen molar-refractivity contribution in [2.45, 2.75) is 90.9 Å². The van der Waals surface area contributed by atoms with Crippen LogP contribution < -0.4 is 0 Å². The highest BCUT2D eigenvalue weighted by Gasteiger charge is 2.44. The third kappa shape index (κ3) is 9.11. The average Bonchev–Trinajstić information content (AvgIpc) is 2.94. The topological polar surface area (TPSA) is 60.4 Å². The molecule has 1 aliphatic rings. The fraction of sp³-hybridized carbons (Fsp3) is 0.559. The maximum atomic E-state index is 13.9. The molecule has 0 heterocycles. The van der Waals surface area contributed by atoms with Gasteiger partial charge in [-0.15, -0.1) is 0 Å². The number of benzene rings is 2. The van der Waals surface area contributed by atoms with Gasteiger partial charge in [0.05, 0.1) is 0 Å². The largest absolute Gasteiger partial charge is 0.385 e. The van der Waals surface area contributed by atoms with Gasteiger partial charge in [0.15, 0.2) is 0 Å². The van der Waals surface area contributed by atoms with E-state index in [2.05, 4.69) is 31.2 Å². The monoisotopic (exact) mass is 552 g/mol. The van der Waals surface area contributed by atoms with E-state index < -0.39 is 5.41 Å². The van der Waals surface area contributed by atoms with E-state index in [4.69, 9.17) is 16.3 Å². The summed E-state index contributed by atoms with van der Waals surface area (Å²) < 4.78 is 5.30. The Morgan fingerprint density at radius 3 is 2.28 bits per heavy atom. The van der Waals surface area contributed by atoms with Crippen LogP contribution in [0.25, 0.3) is 0 Å². The number of halogens is 1. The van der Waals surface area contributed by atoms with Gasteiger partial charge in [0.1, 0.15) is 17.3 Å². The Labute approximate surface area is 239 Å². The van der Waals surface area contributed by atoms with Gasteiger partial charge in [0.2, 0.25) is 0 Å². The van der Waals surface area contributed by atoms with E-state index in [0.717, 1.165) is 54.7 Å². The summed E-state index contributed by atoms with van der Waals surface area (Å²) in [4.78, 5) is 39.8. The van der Waals surface area contributed by atoms with E-state index in [1.165, 1.54) is 5.56 Å². The molecule has 0 amide bonds. The third-order valence-electron chi connectivity index (χ3n) is 8.72. The number of hydrogen-bond donors (Lipinski definition) is 0. The molecule has 1 saturated carbocycles. The number of aryl methyl sites for hydroxylation is 2. The zero-order valence-electron chi connectivity index (χ0n) is 24.0. The van der Waals surface area contributed by atoms with Crippen LogP contribution >= 0.6 is 11.6 Å². The highest BCUT2D eigenvalue weighted by molar-refractivity contribution is 6.31. The zero-order chi connectivity index (χ0) is 28.3. The Bertz CT molecular complexity index is 1080. The van der Waals surface area contributed by atoms with Crippen molar-refractivity contribution in [2.75, 3.05) is 13.7 Å². The van der Waals surface area contributed by atoms with Crippen molar-refractivity contribution >= 4 is 29.0 Å². The summed E-state index contributed by atoms with van der Waals surface area (Å²) in [5.74, 6) is 0.472. The summed E-state index contributed by atoms with van der Waals surface area (Å²) in [6, 6.07) is 16.1. The predicted molar refractivity (Wildman–Crippen MR) is 158 cm³/mol. The van der Waals surface area contributed by atoms with Crippen molar-refractivity contribution in [1.82, 2.24) is 0 Å². The van der Waals surface area contributed by atoms with Crippen molar-refractivity contribution in [3.8, 4) is 0 Å². The van der Waals surface area contributed by atoms with E-state index >= 15 is 0 Å². The number of hydrogen-bond acceptors (Lipinski definition) is 4. The number of methoxy groups -OCH3 is 1. The second-order valence-corrected chi connectivity index (χ2v) is 11.8. The molecular weight excluding hydrogens is 508 g/mol. The molecule has 0 aliphatic heterocycles. The first-order valence-electron chi connectivity index (χ1n) is 14.6. The Morgan fingerprint density at radius 2 is 1.67 bits per heavy atom. The molecular formula is C34H45ClO4. The van der Waals surface area contributed by atoms with Crippen molar-refractivity contribution in [2.24, 2.45) is 17.3 Å². The lowest BCUT2D eigenvalue weighted by Gasteiger charge is -2.40. The quantitative estimate of drug-likeness (QED) is 0.199. The Hall–Kier alpha value is -2.30. The molecule has 0 aromatic heterocycles. The first kappa shape index (κ1) is 31.2. The number of rotatable bonds is 16. The number of Topliss-reactive ketones (excluding diaryl/α,β-unsaturated/α-hetero) is 3. The minimum atomic E-state index is -0.550. The predicted octanol–water partition coefficient (Wildman–Crippen LogP) is 7.80. The van der Waals surface area contributed by atoms with Gasteiger partial charge in [-0.1, -0.05) is 61.0 Å². The lowest BCUT2D eigenvalue weighted by Crippen LogP contribution is -2.40. The van der Waals surface area contributed by atoms with Crippen LogP contribution in [0.4, 0.5) is 0 Å². The van der Waals surface area contributed by atoms with Gasteiger partial charge in [0.25, 0.3) is 0 Å². The molecule has 1 fully saturated rings. The molecule has 39 heavy (non-hydrogen) atoms. The average molecular weight is 553 g/mol.